The van der Waals surface area contributed by atoms with Gasteiger partial charge in [-0.25, -0.2) is 9.37 Å². The van der Waals surface area contributed by atoms with Gasteiger partial charge in [-0.2, -0.15) is 0 Å². The summed E-state index contributed by atoms with van der Waals surface area (Å²) in [6.45, 7) is 0.196. The number of carbonyl (C=O) groups excluding carboxylic acids is 9. The number of cyclic esters (lactones) is 1. The minimum absolute atomic E-state index is 0.0213. The summed E-state index contributed by atoms with van der Waals surface area (Å²) >= 11 is 0. The molecule has 9 rings (SSSR count). The molecule has 5 heterocycles. The Balaban J connectivity index is 0.812. The van der Waals surface area contributed by atoms with Crippen molar-refractivity contribution in [3.63, 3.8) is 0 Å². The second-order valence-electron chi connectivity index (χ2n) is 20.3. The first-order valence-electron chi connectivity index (χ1n) is 26.2. The van der Waals surface area contributed by atoms with E-state index in [9.17, 15) is 52.7 Å². The number of rotatable bonds is 22. The Labute approximate surface area is 456 Å². The van der Waals surface area contributed by atoms with Gasteiger partial charge in [0, 0.05) is 49.2 Å². The fraction of sp³-hybridized carbons (Fsp3) is 0.418. The molecule has 25 heteroatoms. The predicted octanol–water partition coefficient (Wildman–Crippen LogP) is -0.0743. The number of imide groups is 1. The minimum atomic E-state index is -1.50. The summed E-state index contributed by atoms with van der Waals surface area (Å²) in [6, 6.07) is 8.54. The van der Waals surface area contributed by atoms with Gasteiger partial charge >= 0.3 is 11.9 Å². The van der Waals surface area contributed by atoms with E-state index in [1.54, 1.807) is 53.8 Å². The lowest BCUT2D eigenvalue weighted by Gasteiger charge is -2.45. The second-order valence-corrected chi connectivity index (χ2v) is 20.3. The number of hydrogen-bond donors (Lipinski definition) is 7. The largest absolute Gasteiger partial charge is 0.480 e. The van der Waals surface area contributed by atoms with Crippen molar-refractivity contribution in [3.05, 3.63) is 110 Å². The number of nitrogens with zero attached hydrogens (tertiary/aromatic N) is 4. The maximum Gasteiger partial charge on any atom is 0.317 e. The first-order valence-corrected chi connectivity index (χ1v) is 26.2. The van der Waals surface area contributed by atoms with Crippen molar-refractivity contribution < 1.29 is 66.9 Å². The first kappa shape index (κ1) is 56.0. The SMILES string of the molecule is CCC1C(=O)OCc2c1cc1n(c2=O)Cc2c-1nc1cc(F)c(C)c3c1c2C(N(C)C(=O)C1(OCNC(=O)CNC(=O)C(Cc2ccccc2)NC(=O)CNC(=O)CNC(=O)C(CNCC(=O)O)N2C(=O)C=CC2=O)CCC1)CC3. The molecular formula is C55H59FN10O14. The number of hydrogen-bond acceptors (Lipinski definition) is 15. The number of pyridine rings is 2. The van der Waals surface area contributed by atoms with Crippen LogP contribution in [-0.4, -0.2) is 148 Å². The van der Waals surface area contributed by atoms with E-state index in [2.05, 4.69) is 31.9 Å². The van der Waals surface area contributed by atoms with Crippen molar-refractivity contribution in [1.82, 2.24) is 51.3 Å². The number of carboxylic acids is 1. The van der Waals surface area contributed by atoms with E-state index in [0.29, 0.717) is 82.6 Å². The fourth-order valence-corrected chi connectivity index (χ4v) is 11.1. The van der Waals surface area contributed by atoms with Crippen LogP contribution in [0.25, 0.3) is 22.3 Å². The molecule has 0 spiro atoms. The highest BCUT2D eigenvalue weighted by Crippen LogP contribution is 2.48. The molecule has 2 aliphatic carbocycles. The molecule has 80 heavy (non-hydrogen) atoms. The van der Waals surface area contributed by atoms with Crippen LogP contribution in [0.4, 0.5) is 4.39 Å². The molecule has 0 radical (unpaired) electrons. The number of amides is 8. The number of nitrogens with one attached hydrogen (secondary N) is 6. The Morgan fingerprint density at radius 1 is 0.887 bits per heavy atom. The summed E-state index contributed by atoms with van der Waals surface area (Å²) in [5.41, 5.74) is 4.07. The molecule has 4 unspecified atom stereocenters. The summed E-state index contributed by atoms with van der Waals surface area (Å²) in [5, 5.41) is 24.3. The quantitative estimate of drug-likeness (QED) is 0.0271. The van der Waals surface area contributed by atoms with Crippen LogP contribution in [0.15, 0.2) is 59.4 Å². The monoisotopic (exact) mass is 1100 g/mol. The van der Waals surface area contributed by atoms with Gasteiger partial charge in [-0.1, -0.05) is 37.3 Å². The molecule has 3 aliphatic heterocycles. The van der Waals surface area contributed by atoms with Gasteiger partial charge in [0.2, 0.25) is 29.5 Å². The van der Waals surface area contributed by atoms with Gasteiger partial charge in [-0.15, -0.1) is 0 Å². The lowest BCUT2D eigenvalue weighted by molar-refractivity contribution is -0.175. The summed E-state index contributed by atoms with van der Waals surface area (Å²) < 4.78 is 28.8. The standard InChI is InChI=1S/C55H59FN10O14/c1-4-30-32-18-39-49-33(25-65(39)52(76)34(32)26-79-53(30)77)48-38(12-11-31-28(2)35(56)19-36(63-49)47(31)48)64(3)54(78)55(15-8-16-55)80-27-61-42(68)22-59-50(74)37(17-29-9-6-5-7-10-29)62-43(69)23-58-41(67)21-60-51(75)40(20-57-24-46(72)73)66-44(70)13-14-45(66)71/h5-7,9-10,13-14,18-19,30,37-38,40,57H,4,8,11-12,15-17,20-27H2,1-3H3,(H,58,67)(H,59,74)(H,60,75)(H,61,68)(H,62,69)(H,72,73). The van der Waals surface area contributed by atoms with E-state index in [-0.39, 0.29) is 31.0 Å². The first-order chi connectivity index (χ1) is 38.3. The van der Waals surface area contributed by atoms with Gasteiger partial charge in [0.1, 0.15) is 36.8 Å². The van der Waals surface area contributed by atoms with Crippen molar-refractivity contribution in [2.75, 3.05) is 46.5 Å². The third-order valence-electron chi connectivity index (χ3n) is 15.4. The molecule has 7 N–H and O–H groups in total. The topological polar surface area (TPSA) is 323 Å². The summed E-state index contributed by atoms with van der Waals surface area (Å²) in [5.74, 6) is -8.77. The maximum absolute atomic E-state index is 15.6. The molecule has 24 nitrogen and oxygen atoms in total. The number of benzene rings is 2. The lowest BCUT2D eigenvalue weighted by Crippen LogP contribution is -2.56. The number of aromatic nitrogens is 2. The number of halogens is 1. The molecule has 0 bridgehead atoms. The molecule has 420 valence electrons. The van der Waals surface area contributed by atoms with Crippen LogP contribution in [0.3, 0.4) is 0 Å². The van der Waals surface area contributed by atoms with E-state index in [0.717, 1.165) is 34.2 Å². The van der Waals surface area contributed by atoms with Gasteiger partial charge in [0.05, 0.1) is 67.2 Å². The van der Waals surface area contributed by atoms with E-state index in [1.807, 2.05) is 13.0 Å². The van der Waals surface area contributed by atoms with Gasteiger partial charge in [-0.3, -0.25) is 57.6 Å². The number of esters is 1. The smallest absolute Gasteiger partial charge is 0.317 e. The normalized spacial score (nSPS) is 17.9. The second kappa shape index (κ2) is 23.3. The number of aliphatic carboxylic acids is 1. The molecule has 1 saturated carbocycles. The van der Waals surface area contributed by atoms with Crippen molar-refractivity contribution in [2.45, 2.75) is 102 Å². The number of aryl methyl sites for hydroxylation is 1. The molecule has 5 aliphatic rings. The predicted molar refractivity (Wildman–Crippen MR) is 279 cm³/mol. The highest BCUT2D eigenvalue weighted by molar-refractivity contribution is 6.15. The van der Waals surface area contributed by atoms with Crippen molar-refractivity contribution in [2.24, 2.45) is 0 Å². The molecule has 4 atom stereocenters. The number of ether oxygens (including phenoxy) is 2. The highest BCUT2D eigenvalue weighted by atomic mass is 19.1. The van der Waals surface area contributed by atoms with Crippen LogP contribution < -0.4 is 37.5 Å². The third-order valence-corrected chi connectivity index (χ3v) is 15.4. The number of carboxylic acid groups (broad SMARTS) is 1. The molecular weight excluding hydrogens is 1040 g/mol. The number of likely N-dealkylation sites (N-methyl/N-ethyl adjacent to an activating group) is 1. The Bertz CT molecular complexity index is 3340. The van der Waals surface area contributed by atoms with E-state index < -0.39 is 128 Å². The highest BCUT2D eigenvalue weighted by Gasteiger charge is 2.49. The Hall–Kier alpha value is -8.71. The van der Waals surface area contributed by atoms with Gasteiger partial charge in [0.25, 0.3) is 23.3 Å². The third kappa shape index (κ3) is 11.1. The van der Waals surface area contributed by atoms with E-state index in [4.69, 9.17) is 19.6 Å². The van der Waals surface area contributed by atoms with Gasteiger partial charge < -0.3 is 55.9 Å². The van der Waals surface area contributed by atoms with Crippen LogP contribution in [0.2, 0.25) is 0 Å². The Kier molecular flexibility index (Phi) is 16.3. The van der Waals surface area contributed by atoms with Crippen LogP contribution in [0.5, 0.6) is 0 Å². The van der Waals surface area contributed by atoms with Crippen molar-refractivity contribution in [1.29, 1.82) is 0 Å². The molecule has 8 amide bonds. The average molecular weight is 1100 g/mol. The summed E-state index contributed by atoms with van der Waals surface area (Å²) in [4.78, 5) is 150. The van der Waals surface area contributed by atoms with Crippen LogP contribution in [-0.2, 0) is 83.4 Å². The summed E-state index contributed by atoms with van der Waals surface area (Å²) in [6.07, 6.45) is 4.48. The van der Waals surface area contributed by atoms with Gasteiger partial charge in [0.15, 0.2) is 0 Å². The summed E-state index contributed by atoms with van der Waals surface area (Å²) in [7, 11) is 1.68. The van der Waals surface area contributed by atoms with Crippen molar-refractivity contribution >= 4 is 70.1 Å². The zero-order valence-corrected chi connectivity index (χ0v) is 44.0. The maximum atomic E-state index is 15.6. The molecule has 1 fully saturated rings. The van der Waals surface area contributed by atoms with Crippen molar-refractivity contribution in [3.8, 4) is 11.4 Å². The average Bonchev–Trinajstić information content (AvgIpc) is 3.99. The molecule has 4 aromatic rings. The Morgan fingerprint density at radius 2 is 1.57 bits per heavy atom. The Morgan fingerprint density at radius 3 is 2.25 bits per heavy atom. The van der Waals surface area contributed by atoms with E-state index >= 15 is 4.39 Å². The molecule has 2 aromatic heterocycles. The lowest BCUT2D eigenvalue weighted by atomic mass is 9.77. The molecule has 2 aromatic carbocycles. The van der Waals surface area contributed by atoms with Crippen LogP contribution >= 0.6 is 0 Å². The number of fused-ring (bicyclic) bond motifs is 5. The zero-order chi connectivity index (χ0) is 57.2. The van der Waals surface area contributed by atoms with Gasteiger partial charge in [-0.05, 0) is 79.3 Å². The van der Waals surface area contributed by atoms with Crippen LogP contribution in [0, 0.1) is 12.7 Å². The van der Waals surface area contributed by atoms with Crippen LogP contribution in [0.1, 0.15) is 89.9 Å². The zero-order valence-electron chi connectivity index (χ0n) is 44.0. The van der Waals surface area contributed by atoms with E-state index in [1.165, 1.54) is 6.07 Å². The number of carbonyl (C=O) groups is 10. The minimum Gasteiger partial charge on any atom is -0.480 e. The molecule has 0 saturated heterocycles. The fourth-order valence-electron chi connectivity index (χ4n) is 11.1.